The van der Waals surface area contributed by atoms with E-state index in [-0.39, 0.29) is 11.8 Å². The summed E-state index contributed by atoms with van der Waals surface area (Å²) >= 11 is 2.12. The summed E-state index contributed by atoms with van der Waals surface area (Å²) < 4.78 is 5.44. The molecule has 1 saturated carbocycles. The van der Waals surface area contributed by atoms with Crippen LogP contribution in [-0.4, -0.2) is 77.9 Å². The van der Waals surface area contributed by atoms with Crippen LogP contribution in [0.4, 0.5) is 5.69 Å². The van der Waals surface area contributed by atoms with Gasteiger partial charge in [0.05, 0.1) is 37.0 Å². The summed E-state index contributed by atoms with van der Waals surface area (Å²) in [6, 6.07) is 5.72. The number of likely N-dealkylation sites (tertiary alicyclic amines) is 1. The van der Waals surface area contributed by atoms with Gasteiger partial charge in [-0.2, -0.15) is 11.8 Å². The van der Waals surface area contributed by atoms with Gasteiger partial charge in [0.25, 0.3) is 0 Å². The number of carbonyl (C=O) groups is 1. The Kier molecular flexibility index (Phi) is 9.59. The molecule has 1 atom stereocenters. The number of ether oxygens (including phenoxy) is 1. The summed E-state index contributed by atoms with van der Waals surface area (Å²) in [4.78, 5) is 20.9. The number of aliphatic carboxylic acids is 1. The molecule has 204 valence electrons. The standard InChI is InChI=1S/C29H43N3O4S/c1-31(2)25-20-30-24-9-8-21(36-3)18-23(24)28(25)26(33)10-11-29(19-27(34)35)12-14-32(15-13-29)16-17-37-22-6-4-5-7-22/h8-9,18,20,22,26,33H,4-7,10-17,19H2,1-3H3,(H,34,35)/t26-/m0/s1. The Morgan fingerprint density at radius 1 is 1.27 bits per heavy atom. The first-order valence-electron chi connectivity index (χ1n) is 13.7. The fourth-order valence-corrected chi connectivity index (χ4v) is 7.46. The fraction of sp³-hybridized carbons (Fsp3) is 0.655. The molecule has 1 saturated heterocycles. The predicted octanol–water partition coefficient (Wildman–Crippen LogP) is 5.36. The SMILES string of the molecule is COc1ccc2ncc(N(C)C)c([C@@H](O)CCC3(CC(=O)O)CCN(CCSC4CCCC4)CC3)c2c1. The van der Waals surface area contributed by atoms with Crippen LogP contribution in [0, 0.1) is 5.41 Å². The lowest BCUT2D eigenvalue weighted by Gasteiger charge is -2.42. The van der Waals surface area contributed by atoms with Gasteiger partial charge in [-0.1, -0.05) is 12.8 Å². The van der Waals surface area contributed by atoms with Crippen LogP contribution in [-0.2, 0) is 4.79 Å². The third-order valence-electron chi connectivity index (χ3n) is 8.37. The molecule has 2 aromatic rings. The number of nitrogens with zero attached hydrogens (tertiary/aromatic N) is 3. The Balaban J connectivity index is 1.44. The number of aliphatic hydroxyl groups excluding tert-OH is 1. The van der Waals surface area contributed by atoms with E-state index in [1.807, 2.05) is 43.4 Å². The normalized spacial score (nSPS) is 19.2. The maximum Gasteiger partial charge on any atom is 0.303 e. The van der Waals surface area contributed by atoms with Gasteiger partial charge in [0.2, 0.25) is 0 Å². The number of hydrogen-bond donors (Lipinski definition) is 2. The molecule has 2 aliphatic rings. The van der Waals surface area contributed by atoms with Gasteiger partial charge in [-0.25, -0.2) is 0 Å². The number of aromatic nitrogens is 1. The highest BCUT2D eigenvalue weighted by atomic mass is 32.2. The largest absolute Gasteiger partial charge is 0.497 e. The van der Waals surface area contributed by atoms with E-state index in [9.17, 15) is 15.0 Å². The summed E-state index contributed by atoms with van der Waals surface area (Å²) in [5.74, 6) is 1.15. The van der Waals surface area contributed by atoms with Crippen molar-refractivity contribution in [1.29, 1.82) is 0 Å². The molecule has 0 spiro atoms. The third kappa shape index (κ3) is 7.09. The van der Waals surface area contributed by atoms with E-state index in [0.29, 0.717) is 12.8 Å². The zero-order valence-electron chi connectivity index (χ0n) is 22.6. The Labute approximate surface area is 225 Å². The van der Waals surface area contributed by atoms with Gasteiger partial charge < -0.3 is 24.7 Å². The first-order valence-corrected chi connectivity index (χ1v) is 14.7. The second-order valence-electron chi connectivity index (χ2n) is 11.1. The molecule has 0 amide bonds. The van der Waals surface area contributed by atoms with Crippen molar-refractivity contribution in [1.82, 2.24) is 9.88 Å². The quantitative estimate of drug-likeness (QED) is 0.380. The van der Waals surface area contributed by atoms with Crippen LogP contribution < -0.4 is 9.64 Å². The average molecular weight is 530 g/mol. The van der Waals surface area contributed by atoms with E-state index in [1.165, 1.54) is 31.4 Å². The van der Waals surface area contributed by atoms with E-state index < -0.39 is 12.1 Å². The molecule has 1 aromatic carbocycles. The van der Waals surface area contributed by atoms with Gasteiger partial charge in [0.15, 0.2) is 0 Å². The van der Waals surface area contributed by atoms with Gasteiger partial charge in [-0.3, -0.25) is 9.78 Å². The number of rotatable bonds is 12. The maximum atomic E-state index is 11.9. The number of hydrogen-bond acceptors (Lipinski definition) is 7. The zero-order chi connectivity index (χ0) is 26.4. The maximum absolute atomic E-state index is 11.9. The van der Waals surface area contributed by atoms with Crippen molar-refractivity contribution in [2.45, 2.75) is 69.1 Å². The highest BCUT2D eigenvalue weighted by Gasteiger charge is 2.37. The number of thioether (sulfide) groups is 1. The van der Waals surface area contributed by atoms with Crippen LogP contribution in [0.1, 0.15) is 69.5 Å². The Hall–Kier alpha value is -2.03. The highest BCUT2D eigenvalue weighted by molar-refractivity contribution is 7.99. The molecule has 0 bridgehead atoms. The zero-order valence-corrected chi connectivity index (χ0v) is 23.4. The average Bonchev–Trinajstić information content (AvgIpc) is 3.40. The molecule has 8 heteroatoms. The molecule has 1 aliphatic heterocycles. The molecule has 37 heavy (non-hydrogen) atoms. The topological polar surface area (TPSA) is 86.1 Å². The van der Waals surface area contributed by atoms with Crippen molar-refractivity contribution < 1.29 is 19.7 Å². The highest BCUT2D eigenvalue weighted by Crippen LogP contribution is 2.43. The van der Waals surface area contributed by atoms with E-state index in [1.54, 1.807) is 7.11 Å². The number of pyridine rings is 1. The van der Waals surface area contributed by atoms with Gasteiger partial charge >= 0.3 is 5.97 Å². The van der Waals surface area contributed by atoms with Crippen LogP contribution in [0.5, 0.6) is 5.75 Å². The minimum absolute atomic E-state index is 0.163. The van der Waals surface area contributed by atoms with Gasteiger partial charge in [0.1, 0.15) is 5.75 Å². The monoisotopic (exact) mass is 529 g/mol. The molecule has 1 aromatic heterocycles. The Bertz CT molecular complexity index is 1050. The minimum Gasteiger partial charge on any atom is -0.497 e. The lowest BCUT2D eigenvalue weighted by molar-refractivity contribution is -0.141. The van der Waals surface area contributed by atoms with Crippen LogP contribution in [0.2, 0.25) is 0 Å². The number of fused-ring (bicyclic) bond motifs is 1. The molecule has 7 nitrogen and oxygen atoms in total. The van der Waals surface area contributed by atoms with Crippen molar-refractivity contribution in [2.24, 2.45) is 5.41 Å². The Morgan fingerprint density at radius 3 is 2.65 bits per heavy atom. The first kappa shape index (κ1) is 28.0. The van der Waals surface area contributed by atoms with E-state index >= 15 is 0 Å². The van der Waals surface area contributed by atoms with Crippen molar-refractivity contribution >= 4 is 34.3 Å². The number of anilines is 1. The first-order chi connectivity index (χ1) is 17.8. The number of carboxylic acid groups (broad SMARTS) is 1. The van der Waals surface area contributed by atoms with E-state index in [0.717, 1.165) is 65.6 Å². The summed E-state index contributed by atoms with van der Waals surface area (Å²) in [5, 5.41) is 23.0. The Morgan fingerprint density at radius 2 is 2.00 bits per heavy atom. The van der Waals surface area contributed by atoms with Crippen LogP contribution >= 0.6 is 11.8 Å². The predicted molar refractivity (Wildman–Crippen MR) is 152 cm³/mol. The van der Waals surface area contributed by atoms with E-state index in [4.69, 9.17) is 4.74 Å². The number of aliphatic hydroxyl groups is 1. The number of piperidine rings is 1. The molecule has 4 rings (SSSR count). The molecule has 0 unspecified atom stereocenters. The van der Waals surface area contributed by atoms with Crippen molar-refractivity contribution in [3.05, 3.63) is 30.0 Å². The fourth-order valence-electron chi connectivity index (χ4n) is 6.09. The van der Waals surface area contributed by atoms with E-state index in [2.05, 4.69) is 21.6 Å². The van der Waals surface area contributed by atoms with Crippen molar-refractivity contribution in [3.63, 3.8) is 0 Å². The second kappa shape index (κ2) is 12.7. The van der Waals surface area contributed by atoms with Crippen molar-refractivity contribution in [3.8, 4) is 5.75 Å². The lowest BCUT2D eigenvalue weighted by atomic mass is 9.71. The molecule has 0 radical (unpaired) electrons. The second-order valence-corrected chi connectivity index (χ2v) is 12.5. The van der Waals surface area contributed by atoms with Crippen LogP contribution in [0.15, 0.2) is 24.4 Å². The molecule has 2 fully saturated rings. The van der Waals surface area contributed by atoms with Crippen molar-refractivity contribution in [2.75, 3.05) is 51.5 Å². The van der Waals surface area contributed by atoms with Crippen LogP contribution in [0.25, 0.3) is 10.9 Å². The minimum atomic E-state index is -0.743. The molecule has 2 heterocycles. The lowest BCUT2D eigenvalue weighted by Crippen LogP contribution is -2.42. The van der Waals surface area contributed by atoms with Gasteiger partial charge in [-0.15, -0.1) is 0 Å². The summed E-state index contributed by atoms with van der Waals surface area (Å²) in [5.41, 5.74) is 2.24. The van der Waals surface area contributed by atoms with Gasteiger partial charge in [-0.05, 0) is 75.2 Å². The number of methoxy groups -OCH3 is 1. The van der Waals surface area contributed by atoms with Gasteiger partial charge in [0, 0.05) is 42.6 Å². The number of carboxylic acids is 1. The molecular formula is C29H43N3O4S. The summed E-state index contributed by atoms with van der Waals surface area (Å²) in [7, 11) is 5.54. The number of benzene rings is 1. The molecular weight excluding hydrogens is 486 g/mol. The summed E-state index contributed by atoms with van der Waals surface area (Å²) in [6.07, 6.45) is 9.67. The molecule has 2 N–H and O–H groups in total. The third-order valence-corrected chi connectivity index (χ3v) is 9.73. The summed E-state index contributed by atoms with van der Waals surface area (Å²) in [6.45, 7) is 2.96. The van der Waals surface area contributed by atoms with Crippen LogP contribution in [0.3, 0.4) is 0 Å². The smallest absolute Gasteiger partial charge is 0.303 e. The molecule has 1 aliphatic carbocycles.